The van der Waals surface area contributed by atoms with Crippen molar-refractivity contribution in [3.63, 3.8) is 0 Å². The smallest absolute Gasteiger partial charge is 0.258 e. The number of amides is 1. The maximum absolute atomic E-state index is 11.9. The minimum Gasteiger partial charge on any atom is -0.484 e. The Balaban J connectivity index is 1.66. The Morgan fingerprint density at radius 1 is 1.41 bits per heavy atom. The number of carbonyl (C=O) groups is 1. The van der Waals surface area contributed by atoms with Gasteiger partial charge in [-0.3, -0.25) is 4.79 Å². The molecule has 4 nitrogen and oxygen atoms in total. The van der Waals surface area contributed by atoms with Crippen molar-refractivity contribution in [2.24, 2.45) is 0 Å². The number of hydrogen-bond donors (Lipinski definition) is 1. The quantitative estimate of drug-likeness (QED) is 0.842. The van der Waals surface area contributed by atoms with E-state index in [4.69, 9.17) is 9.47 Å². The molecule has 1 amide bonds. The van der Waals surface area contributed by atoms with Crippen LogP contribution < -0.4 is 10.1 Å². The van der Waals surface area contributed by atoms with E-state index < -0.39 is 0 Å². The van der Waals surface area contributed by atoms with E-state index in [1.165, 1.54) is 11.1 Å². The summed E-state index contributed by atoms with van der Waals surface area (Å²) in [5, 5.41) is 2.98. The molecular weight excluding hydrogens is 278 g/mol. The molecule has 1 N–H and O–H groups in total. The van der Waals surface area contributed by atoms with Crippen LogP contribution in [0.15, 0.2) is 18.2 Å². The van der Waals surface area contributed by atoms with E-state index in [-0.39, 0.29) is 18.6 Å². The molecule has 1 saturated heterocycles. The van der Waals surface area contributed by atoms with Gasteiger partial charge in [0.05, 0.1) is 6.10 Å². The molecule has 1 fully saturated rings. The molecule has 0 unspecified atom stereocenters. The number of benzene rings is 1. The van der Waals surface area contributed by atoms with Crippen LogP contribution in [0.3, 0.4) is 0 Å². The molecule has 1 aliphatic rings. The van der Waals surface area contributed by atoms with Gasteiger partial charge < -0.3 is 14.8 Å². The number of carbonyl (C=O) groups excluding carboxylic acids is 1. The zero-order valence-electron chi connectivity index (χ0n) is 13.9. The molecule has 0 aliphatic carbocycles. The molecular formula is C18H27NO3. The Kier molecular flexibility index (Phi) is 6.25. The summed E-state index contributed by atoms with van der Waals surface area (Å²) in [6, 6.07) is 6.02. The van der Waals surface area contributed by atoms with Crippen molar-refractivity contribution in [3.05, 3.63) is 29.3 Å². The second kappa shape index (κ2) is 8.18. The SMILES string of the molecule is Cc1ccc(OCC(=O)N[C@H](C)CC[C@H]2CCCO2)cc1C. The second-order valence-corrected chi connectivity index (χ2v) is 6.22. The lowest BCUT2D eigenvalue weighted by Gasteiger charge is -2.16. The summed E-state index contributed by atoms with van der Waals surface area (Å²) in [5.74, 6) is 0.670. The van der Waals surface area contributed by atoms with Gasteiger partial charge in [-0.1, -0.05) is 6.07 Å². The normalized spacial score (nSPS) is 19.0. The molecule has 0 bridgehead atoms. The van der Waals surface area contributed by atoms with Crippen LogP contribution >= 0.6 is 0 Å². The van der Waals surface area contributed by atoms with E-state index in [9.17, 15) is 4.79 Å². The third-order valence-electron chi connectivity index (χ3n) is 4.20. The van der Waals surface area contributed by atoms with E-state index in [0.29, 0.717) is 6.10 Å². The molecule has 1 aromatic rings. The Morgan fingerprint density at radius 3 is 2.91 bits per heavy atom. The van der Waals surface area contributed by atoms with Crippen LogP contribution in [-0.4, -0.2) is 31.3 Å². The van der Waals surface area contributed by atoms with Gasteiger partial charge in [-0.25, -0.2) is 0 Å². The predicted molar refractivity (Wildman–Crippen MR) is 87.2 cm³/mol. The molecule has 2 rings (SSSR count). The fourth-order valence-electron chi connectivity index (χ4n) is 2.65. The first kappa shape index (κ1) is 16.8. The average Bonchev–Trinajstić information content (AvgIpc) is 3.00. The summed E-state index contributed by atoms with van der Waals surface area (Å²) in [5.41, 5.74) is 2.39. The van der Waals surface area contributed by atoms with Gasteiger partial charge in [0.15, 0.2) is 6.61 Å². The maximum atomic E-state index is 11.9. The zero-order valence-corrected chi connectivity index (χ0v) is 13.9. The van der Waals surface area contributed by atoms with Gasteiger partial charge in [0.2, 0.25) is 0 Å². The van der Waals surface area contributed by atoms with Crippen LogP contribution in [-0.2, 0) is 9.53 Å². The van der Waals surface area contributed by atoms with Crippen LogP contribution in [0.4, 0.5) is 0 Å². The van der Waals surface area contributed by atoms with E-state index in [1.54, 1.807) is 0 Å². The van der Waals surface area contributed by atoms with Crippen molar-refractivity contribution < 1.29 is 14.3 Å². The summed E-state index contributed by atoms with van der Waals surface area (Å²) in [6.45, 7) is 7.07. The summed E-state index contributed by atoms with van der Waals surface area (Å²) >= 11 is 0. The Hall–Kier alpha value is -1.55. The number of ether oxygens (including phenoxy) is 2. The average molecular weight is 305 g/mol. The molecule has 2 atom stereocenters. The monoisotopic (exact) mass is 305 g/mol. The van der Waals surface area contributed by atoms with Crippen molar-refractivity contribution in [3.8, 4) is 5.75 Å². The lowest BCUT2D eigenvalue weighted by Crippen LogP contribution is -2.36. The van der Waals surface area contributed by atoms with Crippen molar-refractivity contribution >= 4 is 5.91 Å². The van der Waals surface area contributed by atoms with Gasteiger partial charge in [0.25, 0.3) is 5.91 Å². The van der Waals surface area contributed by atoms with E-state index in [0.717, 1.165) is 38.0 Å². The van der Waals surface area contributed by atoms with Gasteiger partial charge in [-0.15, -0.1) is 0 Å². The molecule has 0 radical (unpaired) electrons. The summed E-state index contributed by atoms with van der Waals surface area (Å²) < 4.78 is 11.1. The van der Waals surface area contributed by atoms with Gasteiger partial charge >= 0.3 is 0 Å². The Labute approximate surface area is 133 Å². The standard InChI is InChI=1S/C18H27NO3/c1-13-6-8-17(11-14(13)2)22-12-18(20)19-15(3)7-9-16-5-4-10-21-16/h6,8,11,15-16H,4-5,7,9-10,12H2,1-3H3,(H,19,20)/t15-,16-/m1/s1. The number of hydrogen-bond acceptors (Lipinski definition) is 3. The summed E-state index contributed by atoms with van der Waals surface area (Å²) in [7, 11) is 0. The zero-order chi connectivity index (χ0) is 15.9. The lowest BCUT2D eigenvalue weighted by atomic mass is 10.1. The third-order valence-corrected chi connectivity index (χ3v) is 4.20. The largest absolute Gasteiger partial charge is 0.484 e. The van der Waals surface area contributed by atoms with Crippen molar-refractivity contribution in [2.75, 3.05) is 13.2 Å². The first-order chi connectivity index (χ1) is 10.5. The molecule has 4 heteroatoms. The molecule has 0 saturated carbocycles. The van der Waals surface area contributed by atoms with Crippen LogP contribution in [0.1, 0.15) is 43.7 Å². The number of aryl methyl sites for hydroxylation is 2. The van der Waals surface area contributed by atoms with Gasteiger partial charge in [-0.05, 0) is 69.7 Å². The highest BCUT2D eigenvalue weighted by molar-refractivity contribution is 5.77. The number of nitrogens with one attached hydrogen (secondary N) is 1. The van der Waals surface area contributed by atoms with Crippen LogP contribution in [0.5, 0.6) is 5.75 Å². The third kappa shape index (κ3) is 5.34. The highest BCUT2D eigenvalue weighted by atomic mass is 16.5. The van der Waals surface area contributed by atoms with Crippen molar-refractivity contribution in [2.45, 2.75) is 58.6 Å². The van der Waals surface area contributed by atoms with Crippen molar-refractivity contribution in [1.82, 2.24) is 5.32 Å². The molecule has 0 spiro atoms. The number of rotatable bonds is 7. The Bertz CT molecular complexity index is 495. The van der Waals surface area contributed by atoms with E-state index in [1.807, 2.05) is 32.0 Å². The molecule has 1 aromatic carbocycles. The summed E-state index contributed by atoms with van der Waals surface area (Å²) in [4.78, 5) is 11.9. The van der Waals surface area contributed by atoms with Crippen LogP contribution in [0, 0.1) is 13.8 Å². The maximum Gasteiger partial charge on any atom is 0.258 e. The fraction of sp³-hybridized carbons (Fsp3) is 0.611. The van der Waals surface area contributed by atoms with Gasteiger partial charge in [-0.2, -0.15) is 0 Å². The van der Waals surface area contributed by atoms with Gasteiger partial charge in [0.1, 0.15) is 5.75 Å². The van der Waals surface area contributed by atoms with Crippen LogP contribution in [0.2, 0.25) is 0 Å². The van der Waals surface area contributed by atoms with Crippen molar-refractivity contribution in [1.29, 1.82) is 0 Å². The predicted octanol–water partition coefficient (Wildman–Crippen LogP) is 3.15. The van der Waals surface area contributed by atoms with E-state index in [2.05, 4.69) is 12.2 Å². The second-order valence-electron chi connectivity index (χ2n) is 6.22. The summed E-state index contributed by atoms with van der Waals surface area (Å²) in [6.07, 6.45) is 4.65. The van der Waals surface area contributed by atoms with Gasteiger partial charge in [0, 0.05) is 12.6 Å². The van der Waals surface area contributed by atoms with Crippen LogP contribution in [0.25, 0.3) is 0 Å². The molecule has 22 heavy (non-hydrogen) atoms. The molecule has 1 heterocycles. The molecule has 1 aliphatic heterocycles. The topological polar surface area (TPSA) is 47.6 Å². The molecule has 0 aromatic heterocycles. The highest BCUT2D eigenvalue weighted by Gasteiger charge is 2.17. The minimum atomic E-state index is -0.0712. The fourth-order valence-corrected chi connectivity index (χ4v) is 2.65. The van der Waals surface area contributed by atoms with E-state index >= 15 is 0 Å². The Morgan fingerprint density at radius 2 is 2.23 bits per heavy atom. The highest BCUT2D eigenvalue weighted by Crippen LogP contribution is 2.18. The lowest BCUT2D eigenvalue weighted by molar-refractivity contribution is -0.123. The first-order valence-corrected chi connectivity index (χ1v) is 8.15. The first-order valence-electron chi connectivity index (χ1n) is 8.15. The molecule has 122 valence electrons. The minimum absolute atomic E-state index is 0.0623.